The van der Waals surface area contributed by atoms with Crippen LogP contribution in [0.1, 0.15) is 5.56 Å². The molecule has 0 amide bonds. The van der Waals surface area contributed by atoms with E-state index in [0.29, 0.717) is 26.0 Å². The predicted molar refractivity (Wildman–Crippen MR) is 86.5 cm³/mol. The Kier molecular flexibility index (Phi) is 5.51. The van der Waals surface area contributed by atoms with E-state index in [1.165, 1.54) is 0 Å². The van der Waals surface area contributed by atoms with Gasteiger partial charge in [-0.15, -0.1) is 0 Å². The second-order valence-electron chi connectivity index (χ2n) is 4.25. The lowest BCUT2D eigenvalue weighted by atomic mass is 10.2. The molecule has 21 heavy (non-hydrogen) atoms. The van der Waals surface area contributed by atoms with Crippen LogP contribution in [-0.4, -0.2) is 12.6 Å². The van der Waals surface area contributed by atoms with Gasteiger partial charge in [-0.1, -0.05) is 23.2 Å². The molecule has 0 atom stereocenters. The van der Waals surface area contributed by atoms with Crippen molar-refractivity contribution in [3.05, 3.63) is 56.5 Å². The minimum Gasteiger partial charge on any atom is -0.482 e. The van der Waals surface area contributed by atoms with Crippen molar-refractivity contribution < 1.29 is 14.3 Å². The van der Waals surface area contributed by atoms with E-state index in [1.54, 1.807) is 36.4 Å². The Labute approximate surface area is 140 Å². The molecule has 2 aromatic rings. The number of carbonyl (C=O) groups is 1. The minimum atomic E-state index is -0.507. The monoisotopic (exact) mass is 388 g/mol. The molecular weight excluding hydrogens is 379 g/mol. The SMILES string of the molecule is Cc1cc(Cl)ccc1OCC(=O)Oc1ccc(Cl)cc1Br. The minimum absolute atomic E-state index is 0.197. The maximum Gasteiger partial charge on any atom is 0.349 e. The number of ether oxygens (including phenoxy) is 2. The summed E-state index contributed by atoms with van der Waals surface area (Å²) < 4.78 is 11.2. The number of hydrogen-bond acceptors (Lipinski definition) is 3. The van der Waals surface area contributed by atoms with Crippen molar-refractivity contribution in [1.29, 1.82) is 0 Å². The number of esters is 1. The Morgan fingerprint density at radius 3 is 2.33 bits per heavy atom. The standard InChI is InChI=1S/C15H11BrCl2O3/c1-9-6-10(17)2-4-13(9)20-8-15(19)21-14-5-3-11(18)7-12(14)16/h2-7H,8H2,1H3. The van der Waals surface area contributed by atoms with Crippen molar-refractivity contribution >= 4 is 45.1 Å². The quantitative estimate of drug-likeness (QED) is 0.542. The summed E-state index contributed by atoms with van der Waals surface area (Å²) in [5, 5.41) is 1.17. The Morgan fingerprint density at radius 2 is 1.71 bits per heavy atom. The maximum atomic E-state index is 11.8. The van der Waals surface area contributed by atoms with Gasteiger partial charge in [-0.3, -0.25) is 0 Å². The number of carbonyl (C=O) groups excluding carboxylic acids is 1. The zero-order valence-electron chi connectivity index (χ0n) is 11.0. The first kappa shape index (κ1) is 16.1. The van der Waals surface area contributed by atoms with E-state index in [-0.39, 0.29) is 6.61 Å². The van der Waals surface area contributed by atoms with Gasteiger partial charge in [0.1, 0.15) is 11.5 Å². The molecule has 6 heteroatoms. The fourth-order valence-electron chi connectivity index (χ4n) is 1.62. The highest BCUT2D eigenvalue weighted by Gasteiger charge is 2.10. The van der Waals surface area contributed by atoms with Gasteiger partial charge in [0.15, 0.2) is 6.61 Å². The molecule has 0 unspecified atom stereocenters. The van der Waals surface area contributed by atoms with Crippen LogP contribution in [0.2, 0.25) is 10.0 Å². The molecule has 0 N–H and O–H groups in total. The van der Waals surface area contributed by atoms with Crippen LogP contribution in [-0.2, 0) is 4.79 Å². The summed E-state index contributed by atoms with van der Waals surface area (Å²) in [6.07, 6.45) is 0. The smallest absolute Gasteiger partial charge is 0.349 e. The summed E-state index contributed by atoms with van der Waals surface area (Å²) in [4.78, 5) is 11.8. The lowest BCUT2D eigenvalue weighted by molar-refractivity contribution is -0.136. The van der Waals surface area contributed by atoms with Gasteiger partial charge in [0, 0.05) is 10.0 Å². The molecule has 3 nitrogen and oxygen atoms in total. The molecule has 0 spiro atoms. The highest BCUT2D eigenvalue weighted by Crippen LogP contribution is 2.28. The van der Waals surface area contributed by atoms with Crippen molar-refractivity contribution in [2.45, 2.75) is 6.92 Å². The summed E-state index contributed by atoms with van der Waals surface area (Å²) in [6, 6.07) is 10.1. The van der Waals surface area contributed by atoms with Gasteiger partial charge in [-0.25, -0.2) is 4.79 Å². The van der Waals surface area contributed by atoms with Crippen LogP contribution in [0.15, 0.2) is 40.9 Å². The summed E-state index contributed by atoms with van der Waals surface area (Å²) in [5.74, 6) is 0.472. The largest absolute Gasteiger partial charge is 0.482 e. The third-order valence-corrected chi connectivity index (χ3v) is 3.69. The second kappa shape index (κ2) is 7.16. The molecule has 2 rings (SSSR count). The molecule has 0 saturated carbocycles. The van der Waals surface area contributed by atoms with Crippen molar-refractivity contribution in [2.24, 2.45) is 0 Å². The van der Waals surface area contributed by atoms with Crippen molar-refractivity contribution in [3.8, 4) is 11.5 Å². The molecule has 2 aromatic carbocycles. The second-order valence-corrected chi connectivity index (χ2v) is 5.97. The van der Waals surface area contributed by atoms with E-state index >= 15 is 0 Å². The zero-order chi connectivity index (χ0) is 15.4. The highest BCUT2D eigenvalue weighted by atomic mass is 79.9. The summed E-state index contributed by atoms with van der Waals surface area (Å²) >= 11 is 14.9. The molecule has 110 valence electrons. The Morgan fingerprint density at radius 1 is 1.10 bits per heavy atom. The molecule has 0 radical (unpaired) electrons. The van der Waals surface area contributed by atoms with Crippen molar-refractivity contribution in [1.82, 2.24) is 0 Å². The number of aryl methyl sites for hydroxylation is 1. The van der Waals surface area contributed by atoms with E-state index < -0.39 is 5.97 Å². The Bertz CT molecular complexity index is 674. The number of benzene rings is 2. The van der Waals surface area contributed by atoms with Crippen LogP contribution in [0.3, 0.4) is 0 Å². The fourth-order valence-corrected chi connectivity index (χ4v) is 2.61. The van der Waals surface area contributed by atoms with E-state index in [9.17, 15) is 4.79 Å². The van der Waals surface area contributed by atoms with Crippen LogP contribution in [0.4, 0.5) is 0 Å². The van der Waals surface area contributed by atoms with Gasteiger partial charge in [0.25, 0.3) is 0 Å². The average Bonchev–Trinajstić information content (AvgIpc) is 2.41. The van der Waals surface area contributed by atoms with Crippen LogP contribution in [0.5, 0.6) is 11.5 Å². The van der Waals surface area contributed by atoms with Crippen molar-refractivity contribution in [3.63, 3.8) is 0 Å². The zero-order valence-corrected chi connectivity index (χ0v) is 14.1. The van der Waals surface area contributed by atoms with Gasteiger partial charge in [-0.05, 0) is 64.8 Å². The highest BCUT2D eigenvalue weighted by molar-refractivity contribution is 9.10. The Hall–Kier alpha value is -1.23. The molecule has 0 aliphatic heterocycles. The third kappa shape index (κ3) is 4.63. The summed E-state index contributed by atoms with van der Waals surface area (Å²) in [5.41, 5.74) is 0.850. The lowest BCUT2D eigenvalue weighted by Crippen LogP contribution is -2.18. The average molecular weight is 390 g/mol. The third-order valence-electron chi connectivity index (χ3n) is 2.60. The molecule has 0 saturated heterocycles. The van der Waals surface area contributed by atoms with Gasteiger partial charge in [-0.2, -0.15) is 0 Å². The first-order chi connectivity index (χ1) is 9.95. The molecular formula is C15H11BrCl2O3. The van der Waals surface area contributed by atoms with E-state index in [4.69, 9.17) is 32.7 Å². The first-order valence-corrected chi connectivity index (χ1v) is 7.55. The fraction of sp³-hybridized carbons (Fsp3) is 0.133. The number of halogens is 3. The van der Waals surface area contributed by atoms with Crippen LogP contribution >= 0.6 is 39.1 Å². The molecule has 0 aliphatic rings. The summed E-state index contributed by atoms with van der Waals surface area (Å²) in [6.45, 7) is 1.65. The topological polar surface area (TPSA) is 35.5 Å². The van der Waals surface area contributed by atoms with Crippen molar-refractivity contribution in [2.75, 3.05) is 6.61 Å². The maximum absolute atomic E-state index is 11.8. The van der Waals surface area contributed by atoms with Crippen LogP contribution in [0.25, 0.3) is 0 Å². The number of hydrogen-bond donors (Lipinski definition) is 0. The predicted octanol–water partition coefficient (Wildman–Crippen LogP) is 5.05. The van der Waals surface area contributed by atoms with Gasteiger partial charge in [0.05, 0.1) is 4.47 Å². The van der Waals surface area contributed by atoms with E-state index in [1.807, 2.05) is 6.92 Å². The Balaban J connectivity index is 1.96. The van der Waals surface area contributed by atoms with Gasteiger partial charge < -0.3 is 9.47 Å². The molecule has 0 aromatic heterocycles. The van der Waals surface area contributed by atoms with Crippen LogP contribution < -0.4 is 9.47 Å². The van der Waals surface area contributed by atoms with Gasteiger partial charge >= 0.3 is 5.97 Å². The normalized spacial score (nSPS) is 10.3. The van der Waals surface area contributed by atoms with Gasteiger partial charge in [0.2, 0.25) is 0 Å². The van der Waals surface area contributed by atoms with E-state index in [0.717, 1.165) is 5.56 Å². The molecule has 0 heterocycles. The first-order valence-electron chi connectivity index (χ1n) is 6.00. The molecule has 0 bridgehead atoms. The summed E-state index contributed by atoms with van der Waals surface area (Å²) in [7, 11) is 0. The molecule has 0 aliphatic carbocycles. The lowest BCUT2D eigenvalue weighted by Gasteiger charge is -2.10. The number of rotatable bonds is 4. The molecule has 0 fully saturated rings. The van der Waals surface area contributed by atoms with E-state index in [2.05, 4.69) is 15.9 Å². The van der Waals surface area contributed by atoms with Crippen LogP contribution in [0, 0.1) is 6.92 Å².